The first-order valence-electron chi connectivity index (χ1n) is 18.9. The highest BCUT2D eigenvalue weighted by Crippen LogP contribution is 2.46. The summed E-state index contributed by atoms with van der Waals surface area (Å²) >= 11 is 0. The Morgan fingerprint density at radius 2 is 1.19 bits per heavy atom. The van der Waals surface area contributed by atoms with Gasteiger partial charge < -0.3 is 13.7 Å². The van der Waals surface area contributed by atoms with Gasteiger partial charge in [-0.3, -0.25) is 0 Å². The molecule has 220 valence electrons. The monoisotopic (exact) mass is 608 g/mol. The zero-order valence-electron chi connectivity index (χ0n) is 31.8. The van der Waals surface area contributed by atoms with E-state index in [4.69, 9.17) is 17.1 Å². The molecule has 0 aliphatic carbocycles. The summed E-state index contributed by atoms with van der Waals surface area (Å²) in [4.78, 5) is 1.76. The molecule has 3 nitrogen and oxygen atoms in total. The van der Waals surface area contributed by atoms with Crippen molar-refractivity contribution in [2.75, 3.05) is 4.90 Å². The van der Waals surface area contributed by atoms with Gasteiger partial charge in [0.25, 0.3) is 0 Å². The SMILES string of the molecule is [2H]c1c([2H])c([2H])c2c(N(c3ccc(-c4cccc5c4oc4ccccc45)cc3)c3cccc4oc5c6ccccc6ccc5c34)c([2H])c([2H])c([2H])c2c1[2H]. The highest BCUT2D eigenvalue weighted by atomic mass is 16.3. The molecule has 0 saturated heterocycles. The largest absolute Gasteiger partial charge is 0.455 e. The Labute approximate surface area is 280 Å². The van der Waals surface area contributed by atoms with Crippen LogP contribution in [0, 0.1) is 0 Å². The number of furan rings is 2. The lowest BCUT2D eigenvalue weighted by Crippen LogP contribution is -2.10. The highest BCUT2D eigenvalue weighted by molar-refractivity contribution is 6.20. The van der Waals surface area contributed by atoms with Gasteiger partial charge in [-0.15, -0.1) is 0 Å². The van der Waals surface area contributed by atoms with E-state index < -0.39 is 36.3 Å². The van der Waals surface area contributed by atoms with E-state index >= 15 is 0 Å². The molecule has 0 bridgehead atoms. The van der Waals surface area contributed by atoms with E-state index in [9.17, 15) is 1.37 Å². The summed E-state index contributed by atoms with van der Waals surface area (Å²) < 4.78 is 74.9. The molecule has 8 aromatic carbocycles. The molecule has 0 aliphatic heterocycles. The van der Waals surface area contributed by atoms with E-state index in [1.54, 1.807) is 4.90 Å². The molecule has 10 aromatic rings. The van der Waals surface area contributed by atoms with Gasteiger partial charge in [-0.2, -0.15) is 0 Å². The van der Waals surface area contributed by atoms with Crippen molar-refractivity contribution in [2.24, 2.45) is 0 Å². The van der Waals surface area contributed by atoms with Gasteiger partial charge in [0.15, 0.2) is 0 Å². The van der Waals surface area contributed by atoms with E-state index in [0.717, 1.165) is 54.6 Å². The summed E-state index contributed by atoms with van der Waals surface area (Å²) in [5.74, 6) is 0. The molecule has 0 unspecified atom stereocenters. The van der Waals surface area contributed by atoms with Gasteiger partial charge in [-0.05, 0) is 58.8 Å². The lowest BCUT2D eigenvalue weighted by Gasteiger charge is -2.27. The van der Waals surface area contributed by atoms with Crippen LogP contribution in [0.4, 0.5) is 17.1 Å². The van der Waals surface area contributed by atoms with Crippen molar-refractivity contribution in [3.63, 3.8) is 0 Å². The van der Waals surface area contributed by atoms with Crippen LogP contribution in [0.25, 0.3) is 76.5 Å². The van der Waals surface area contributed by atoms with Gasteiger partial charge in [0.05, 0.1) is 26.4 Å². The van der Waals surface area contributed by atoms with E-state index in [0.29, 0.717) is 22.5 Å². The van der Waals surface area contributed by atoms with Crippen molar-refractivity contribution in [3.8, 4) is 11.1 Å². The number of hydrogen-bond donors (Lipinski definition) is 0. The third-order valence-electron chi connectivity index (χ3n) is 8.96. The van der Waals surface area contributed by atoms with Crippen LogP contribution in [0.1, 0.15) is 9.60 Å². The lowest BCUT2D eigenvalue weighted by molar-refractivity contribution is 0.670. The normalized spacial score (nSPS) is 13.9. The molecular formula is C44H27NO2. The van der Waals surface area contributed by atoms with Crippen LogP contribution in [0.3, 0.4) is 0 Å². The fourth-order valence-electron chi connectivity index (χ4n) is 6.84. The van der Waals surface area contributed by atoms with Gasteiger partial charge in [0.1, 0.15) is 22.3 Å². The number of rotatable bonds is 4. The molecule has 0 amide bonds. The van der Waals surface area contributed by atoms with Crippen LogP contribution >= 0.6 is 0 Å². The van der Waals surface area contributed by atoms with Crippen molar-refractivity contribution in [3.05, 3.63) is 164 Å². The Morgan fingerprint density at radius 1 is 0.447 bits per heavy atom. The Bertz CT molecular complexity index is 3200. The smallest absolute Gasteiger partial charge is 0.143 e. The quantitative estimate of drug-likeness (QED) is 0.199. The van der Waals surface area contributed by atoms with E-state index in [2.05, 4.69) is 0 Å². The second-order valence-corrected chi connectivity index (χ2v) is 11.6. The van der Waals surface area contributed by atoms with Crippen LogP contribution in [0.2, 0.25) is 0 Å². The Kier molecular flexibility index (Phi) is 4.28. The maximum atomic E-state index is 9.36. The maximum Gasteiger partial charge on any atom is 0.143 e. The molecule has 0 radical (unpaired) electrons. The van der Waals surface area contributed by atoms with Crippen LogP contribution in [-0.4, -0.2) is 0 Å². The molecule has 0 spiro atoms. The molecule has 3 heteroatoms. The average molecular weight is 609 g/mol. The average Bonchev–Trinajstić information content (AvgIpc) is 3.79. The number of fused-ring (bicyclic) bond motifs is 9. The minimum atomic E-state index is -0.505. The third-order valence-corrected chi connectivity index (χ3v) is 8.96. The Morgan fingerprint density at radius 3 is 2.13 bits per heavy atom. The standard InChI is InChI=1S/C44H27NO2/c1-3-13-32-28(10-1)12-7-18-38(32)45(39-19-9-21-41-42(39)37-27-24-29-11-2-4-14-33(29)44(37)47-41)31-25-22-30(23-26-31)34-16-8-17-36-35-15-5-6-20-40(35)46-43(34)36/h1-27H/i1D,3D,7D,10D,12D,13D,18D. The highest BCUT2D eigenvalue weighted by Gasteiger charge is 2.22. The van der Waals surface area contributed by atoms with Crippen molar-refractivity contribution in [1.29, 1.82) is 0 Å². The third kappa shape index (κ3) is 3.93. The molecule has 0 aliphatic rings. The molecule has 0 atom stereocenters. The van der Waals surface area contributed by atoms with Crippen molar-refractivity contribution in [2.45, 2.75) is 0 Å². The molecule has 10 rings (SSSR count). The zero-order chi connectivity index (χ0) is 37.0. The summed E-state index contributed by atoms with van der Waals surface area (Å²) in [6.45, 7) is 0. The number of hydrogen-bond acceptors (Lipinski definition) is 3. The zero-order valence-corrected chi connectivity index (χ0v) is 24.8. The Balaban J connectivity index is 1.29. The number of anilines is 3. The second kappa shape index (κ2) is 10.1. The molecule has 47 heavy (non-hydrogen) atoms. The summed E-state index contributed by atoms with van der Waals surface area (Å²) in [5.41, 5.74) is 5.79. The van der Waals surface area contributed by atoms with Gasteiger partial charge >= 0.3 is 0 Å². The predicted molar refractivity (Wildman–Crippen MR) is 196 cm³/mol. The van der Waals surface area contributed by atoms with Crippen molar-refractivity contribution in [1.82, 2.24) is 0 Å². The summed E-state index contributed by atoms with van der Waals surface area (Å²) in [6, 6.07) is 36.2. The number of benzene rings is 8. The molecular weight excluding hydrogens is 574 g/mol. The molecule has 0 saturated carbocycles. The second-order valence-electron chi connectivity index (χ2n) is 11.6. The molecule has 0 N–H and O–H groups in total. The van der Waals surface area contributed by atoms with Crippen LogP contribution in [-0.2, 0) is 0 Å². The number of nitrogens with zero attached hydrogens (tertiary/aromatic N) is 1. The Hall–Kier alpha value is -6.32. The first-order valence-corrected chi connectivity index (χ1v) is 15.4. The maximum absolute atomic E-state index is 9.36. The summed E-state index contributed by atoms with van der Waals surface area (Å²) in [7, 11) is 0. The van der Waals surface area contributed by atoms with Crippen LogP contribution in [0.5, 0.6) is 0 Å². The molecule has 2 aromatic heterocycles. The number of para-hydroxylation sites is 2. The predicted octanol–water partition coefficient (Wildman–Crippen LogP) is 12.9. The van der Waals surface area contributed by atoms with Crippen molar-refractivity contribution >= 4 is 82.5 Å². The minimum Gasteiger partial charge on any atom is -0.455 e. The summed E-state index contributed by atoms with van der Waals surface area (Å²) in [5, 5.41) is 5.37. The van der Waals surface area contributed by atoms with E-state index in [1.807, 2.05) is 121 Å². The minimum absolute atomic E-state index is 0.0154. The van der Waals surface area contributed by atoms with Gasteiger partial charge in [-0.1, -0.05) is 121 Å². The van der Waals surface area contributed by atoms with E-state index in [-0.39, 0.29) is 22.5 Å². The van der Waals surface area contributed by atoms with Gasteiger partial charge in [0, 0.05) is 38.2 Å². The fourth-order valence-corrected chi connectivity index (χ4v) is 6.84. The van der Waals surface area contributed by atoms with Gasteiger partial charge in [-0.25, -0.2) is 0 Å². The molecule has 2 heterocycles. The first-order chi connectivity index (χ1) is 26.2. The van der Waals surface area contributed by atoms with Gasteiger partial charge in [0.2, 0.25) is 0 Å². The summed E-state index contributed by atoms with van der Waals surface area (Å²) in [6.07, 6.45) is 0. The lowest BCUT2D eigenvalue weighted by atomic mass is 10.0. The van der Waals surface area contributed by atoms with Crippen LogP contribution < -0.4 is 4.90 Å². The van der Waals surface area contributed by atoms with Crippen LogP contribution in [0.15, 0.2) is 172 Å². The molecule has 0 fully saturated rings. The van der Waals surface area contributed by atoms with E-state index in [1.165, 1.54) is 0 Å². The first kappa shape index (κ1) is 19.9. The fraction of sp³-hybridized carbons (Fsp3) is 0. The van der Waals surface area contributed by atoms with Crippen molar-refractivity contribution < 1.29 is 18.4 Å². The topological polar surface area (TPSA) is 29.5 Å².